The van der Waals surface area contributed by atoms with E-state index < -0.39 is 16.7 Å². The lowest BCUT2D eigenvalue weighted by atomic mass is 10.0. The molecule has 0 aliphatic carbocycles. The van der Waals surface area contributed by atoms with Gasteiger partial charge in [-0.05, 0) is 35.4 Å². The van der Waals surface area contributed by atoms with Crippen LogP contribution in [0.3, 0.4) is 0 Å². The van der Waals surface area contributed by atoms with Crippen LogP contribution in [0.1, 0.15) is 0 Å². The van der Waals surface area contributed by atoms with Gasteiger partial charge in [0.15, 0.2) is 0 Å². The van der Waals surface area contributed by atoms with Gasteiger partial charge in [-0.1, -0.05) is 23.7 Å². The average molecular weight is 240 g/mol. The Morgan fingerprint density at radius 3 is 2.12 bits per heavy atom. The van der Waals surface area contributed by atoms with Crippen molar-refractivity contribution in [2.24, 2.45) is 0 Å². The Hall–Kier alpha value is -1.61. The fourth-order valence-corrected chi connectivity index (χ4v) is 1.55. The van der Waals surface area contributed by atoms with E-state index in [4.69, 9.17) is 17.3 Å². The minimum absolute atomic E-state index is 0.409. The van der Waals surface area contributed by atoms with Crippen LogP contribution in [0.2, 0.25) is 5.02 Å². The molecule has 16 heavy (non-hydrogen) atoms. The second kappa shape index (κ2) is 4.10. The van der Waals surface area contributed by atoms with E-state index in [9.17, 15) is 8.78 Å². The normalized spacial score (nSPS) is 10.4. The van der Waals surface area contributed by atoms with Crippen molar-refractivity contribution in [3.63, 3.8) is 0 Å². The highest BCUT2D eigenvalue weighted by atomic mass is 35.5. The number of nitrogens with two attached hydrogens (primary N) is 1. The second-order valence-corrected chi connectivity index (χ2v) is 3.76. The van der Waals surface area contributed by atoms with Gasteiger partial charge in [-0.15, -0.1) is 0 Å². The monoisotopic (exact) mass is 239 g/mol. The van der Waals surface area contributed by atoms with Crippen LogP contribution in [-0.2, 0) is 0 Å². The molecule has 0 fully saturated rings. The van der Waals surface area contributed by atoms with Crippen molar-refractivity contribution in [1.29, 1.82) is 0 Å². The molecule has 4 heteroatoms. The first kappa shape index (κ1) is 10.9. The van der Waals surface area contributed by atoms with Crippen LogP contribution in [0.5, 0.6) is 0 Å². The molecule has 2 N–H and O–H groups in total. The number of nitrogen functional groups attached to an aromatic ring is 1. The molecule has 0 spiro atoms. The molecule has 0 unspecified atom stereocenters. The van der Waals surface area contributed by atoms with Gasteiger partial charge in [-0.25, -0.2) is 8.78 Å². The van der Waals surface area contributed by atoms with Crippen LogP contribution in [0.15, 0.2) is 36.4 Å². The molecule has 0 saturated heterocycles. The largest absolute Gasteiger partial charge is 0.399 e. The molecule has 2 rings (SSSR count). The van der Waals surface area contributed by atoms with Crippen molar-refractivity contribution in [3.8, 4) is 11.1 Å². The third-order valence-corrected chi connectivity index (χ3v) is 2.56. The Kier molecular flexibility index (Phi) is 2.79. The van der Waals surface area contributed by atoms with E-state index in [0.717, 1.165) is 0 Å². The Bertz CT molecular complexity index is 517. The zero-order chi connectivity index (χ0) is 11.7. The molecule has 0 saturated carbocycles. The molecule has 2 aromatic carbocycles. The first-order valence-electron chi connectivity index (χ1n) is 4.58. The van der Waals surface area contributed by atoms with Gasteiger partial charge >= 0.3 is 0 Å². The van der Waals surface area contributed by atoms with Gasteiger partial charge < -0.3 is 5.73 Å². The second-order valence-electron chi connectivity index (χ2n) is 3.38. The topological polar surface area (TPSA) is 26.0 Å². The first-order valence-corrected chi connectivity index (χ1v) is 4.96. The Morgan fingerprint density at radius 1 is 0.938 bits per heavy atom. The van der Waals surface area contributed by atoms with E-state index in [1.54, 1.807) is 24.3 Å². The smallest absolute Gasteiger partial charge is 0.145 e. The highest BCUT2D eigenvalue weighted by molar-refractivity contribution is 6.31. The SMILES string of the molecule is Nc1cccc(-c2cc(F)c(Cl)c(F)c2)c1. The summed E-state index contributed by atoms with van der Waals surface area (Å²) in [7, 11) is 0. The van der Waals surface area contributed by atoms with Crippen molar-refractivity contribution >= 4 is 17.3 Å². The van der Waals surface area contributed by atoms with Crippen LogP contribution in [0.4, 0.5) is 14.5 Å². The third kappa shape index (κ3) is 1.99. The van der Waals surface area contributed by atoms with Crippen molar-refractivity contribution in [2.45, 2.75) is 0 Å². The van der Waals surface area contributed by atoms with Crippen molar-refractivity contribution < 1.29 is 8.78 Å². The lowest BCUT2D eigenvalue weighted by molar-refractivity contribution is 0.585. The lowest BCUT2D eigenvalue weighted by Gasteiger charge is -2.05. The van der Waals surface area contributed by atoms with E-state index in [2.05, 4.69) is 0 Å². The fraction of sp³-hybridized carbons (Fsp3) is 0. The summed E-state index contributed by atoms with van der Waals surface area (Å²) in [6.07, 6.45) is 0. The Morgan fingerprint density at radius 2 is 1.56 bits per heavy atom. The molecule has 0 aromatic heterocycles. The van der Waals surface area contributed by atoms with Gasteiger partial charge in [-0.3, -0.25) is 0 Å². The summed E-state index contributed by atoms with van der Waals surface area (Å²) in [6, 6.07) is 9.14. The molecule has 0 heterocycles. The number of anilines is 1. The highest BCUT2D eigenvalue weighted by Gasteiger charge is 2.09. The van der Waals surface area contributed by atoms with Gasteiger partial charge in [0.1, 0.15) is 16.7 Å². The molecule has 0 aliphatic heterocycles. The van der Waals surface area contributed by atoms with Gasteiger partial charge in [0.05, 0.1) is 0 Å². The zero-order valence-corrected chi connectivity index (χ0v) is 8.93. The number of rotatable bonds is 1. The Labute approximate surface area is 96.5 Å². The molecule has 0 amide bonds. The van der Waals surface area contributed by atoms with Crippen LogP contribution < -0.4 is 5.73 Å². The predicted molar refractivity (Wildman–Crippen MR) is 61.2 cm³/mol. The van der Waals surface area contributed by atoms with Gasteiger partial charge in [0.25, 0.3) is 0 Å². The van der Waals surface area contributed by atoms with Crippen molar-refractivity contribution in [3.05, 3.63) is 53.1 Å². The summed E-state index contributed by atoms with van der Waals surface area (Å²) >= 11 is 5.39. The number of benzene rings is 2. The molecular weight excluding hydrogens is 232 g/mol. The minimum Gasteiger partial charge on any atom is -0.399 e. The van der Waals surface area contributed by atoms with E-state index in [0.29, 0.717) is 16.8 Å². The molecular formula is C12H8ClF2N. The summed E-state index contributed by atoms with van der Waals surface area (Å²) in [5.74, 6) is -1.56. The van der Waals surface area contributed by atoms with Gasteiger partial charge in [0, 0.05) is 5.69 Å². The number of halogens is 3. The van der Waals surface area contributed by atoms with Gasteiger partial charge in [-0.2, -0.15) is 0 Å². The molecule has 0 aliphatic rings. The van der Waals surface area contributed by atoms with E-state index in [-0.39, 0.29) is 0 Å². The van der Waals surface area contributed by atoms with Crippen molar-refractivity contribution in [1.82, 2.24) is 0 Å². The first-order chi connectivity index (χ1) is 7.58. The zero-order valence-electron chi connectivity index (χ0n) is 8.18. The van der Waals surface area contributed by atoms with Crippen LogP contribution in [-0.4, -0.2) is 0 Å². The minimum atomic E-state index is -0.779. The quantitative estimate of drug-likeness (QED) is 0.593. The summed E-state index contributed by atoms with van der Waals surface area (Å²) in [4.78, 5) is 0. The van der Waals surface area contributed by atoms with Crippen LogP contribution in [0.25, 0.3) is 11.1 Å². The molecule has 1 nitrogen and oxygen atoms in total. The molecule has 2 aromatic rings. The standard InChI is InChI=1S/C12H8ClF2N/c13-12-10(14)5-8(6-11(12)15)7-2-1-3-9(16)4-7/h1-6H,16H2. The van der Waals surface area contributed by atoms with Crippen LogP contribution in [0, 0.1) is 11.6 Å². The van der Waals surface area contributed by atoms with Crippen molar-refractivity contribution in [2.75, 3.05) is 5.73 Å². The van der Waals surface area contributed by atoms with E-state index in [1.807, 2.05) is 0 Å². The predicted octanol–water partition coefficient (Wildman–Crippen LogP) is 3.87. The summed E-state index contributed by atoms with van der Waals surface area (Å²) in [5, 5.41) is -0.493. The third-order valence-electron chi connectivity index (χ3n) is 2.20. The molecule has 0 atom stereocenters. The molecule has 0 bridgehead atoms. The highest BCUT2D eigenvalue weighted by Crippen LogP contribution is 2.27. The summed E-state index contributed by atoms with van der Waals surface area (Å²) in [5.41, 5.74) is 7.18. The maximum atomic E-state index is 13.2. The maximum Gasteiger partial charge on any atom is 0.145 e. The average Bonchev–Trinajstić information content (AvgIpc) is 2.25. The lowest BCUT2D eigenvalue weighted by Crippen LogP contribution is -1.89. The molecule has 82 valence electrons. The number of hydrogen-bond donors (Lipinski definition) is 1. The van der Waals surface area contributed by atoms with Crippen LogP contribution >= 0.6 is 11.6 Å². The maximum absolute atomic E-state index is 13.2. The summed E-state index contributed by atoms with van der Waals surface area (Å²) in [6.45, 7) is 0. The number of hydrogen-bond acceptors (Lipinski definition) is 1. The summed E-state index contributed by atoms with van der Waals surface area (Å²) < 4.78 is 26.4. The van der Waals surface area contributed by atoms with E-state index in [1.165, 1.54) is 12.1 Å². The fourth-order valence-electron chi connectivity index (χ4n) is 1.44. The van der Waals surface area contributed by atoms with E-state index >= 15 is 0 Å². The molecule has 0 radical (unpaired) electrons. The Balaban J connectivity index is 2.57. The van der Waals surface area contributed by atoms with Gasteiger partial charge in [0.2, 0.25) is 0 Å².